The molecule has 0 saturated carbocycles. The molecular weight excluding hydrogens is 342 g/mol. The summed E-state index contributed by atoms with van der Waals surface area (Å²) in [4.78, 5) is 7.61. The van der Waals surface area contributed by atoms with Gasteiger partial charge in [-0.2, -0.15) is 0 Å². The van der Waals surface area contributed by atoms with Gasteiger partial charge >= 0.3 is 0 Å². The van der Waals surface area contributed by atoms with Gasteiger partial charge in [-0.3, -0.25) is 0 Å². The lowest BCUT2D eigenvalue weighted by Crippen LogP contribution is -2.43. The number of pyridine rings is 1. The normalized spacial score (nSPS) is 17.2. The fourth-order valence-electron chi connectivity index (χ4n) is 4.48. The van der Waals surface area contributed by atoms with E-state index in [9.17, 15) is 0 Å². The molecule has 3 nitrogen and oxygen atoms in total. The molecule has 3 aromatic rings. The number of nitrogens with zero attached hydrogens (tertiary/aromatic N) is 2. The van der Waals surface area contributed by atoms with Crippen LogP contribution in [0.2, 0.25) is 0 Å². The summed E-state index contributed by atoms with van der Waals surface area (Å²) in [6.45, 7) is 6.84. The molecule has 2 fully saturated rings. The second-order valence-electron chi connectivity index (χ2n) is 8.35. The summed E-state index contributed by atoms with van der Waals surface area (Å²) < 4.78 is 0. The molecule has 2 aromatic carbocycles. The van der Waals surface area contributed by atoms with Crippen LogP contribution in [0.3, 0.4) is 0 Å². The number of aryl methyl sites for hydroxylation is 1. The van der Waals surface area contributed by atoms with Crippen molar-refractivity contribution in [2.75, 3.05) is 31.1 Å². The predicted molar refractivity (Wildman–Crippen MR) is 118 cm³/mol. The lowest BCUT2D eigenvalue weighted by Gasteiger charge is -2.27. The molecule has 3 heterocycles. The molecule has 1 N–H and O–H groups in total. The minimum Gasteiger partial charge on any atom is -0.371 e. The Labute approximate surface area is 167 Å². The molecular formula is C25H29N3. The van der Waals surface area contributed by atoms with Crippen LogP contribution in [0.1, 0.15) is 30.9 Å². The molecule has 0 bridgehead atoms. The number of rotatable bonds is 5. The van der Waals surface area contributed by atoms with Crippen molar-refractivity contribution in [3.63, 3.8) is 0 Å². The van der Waals surface area contributed by atoms with Crippen LogP contribution in [0.25, 0.3) is 22.2 Å². The smallest absolute Gasteiger partial charge is 0.0733 e. The molecule has 2 aliphatic rings. The van der Waals surface area contributed by atoms with E-state index in [4.69, 9.17) is 4.98 Å². The van der Waals surface area contributed by atoms with Gasteiger partial charge in [-0.25, -0.2) is 4.98 Å². The maximum absolute atomic E-state index is 5.07. The van der Waals surface area contributed by atoms with Crippen molar-refractivity contribution in [3.8, 4) is 11.3 Å². The molecule has 0 aliphatic carbocycles. The molecule has 0 spiro atoms. The van der Waals surface area contributed by atoms with Gasteiger partial charge in [0.05, 0.1) is 11.2 Å². The molecule has 0 radical (unpaired) electrons. The third-order valence-electron chi connectivity index (χ3n) is 6.35. The minimum absolute atomic E-state index is 0.805. The van der Waals surface area contributed by atoms with Crippen molar-refractivity contribution in [3.05, 3.63) is 59.7 Å². The Balaban J connectivity index is 1.54. The second kappa shape index (κ2) is 7.56. The summed E-state index contributed by atoms with van der Waals surface area (Å²) in [6.07, 6.45) is 4.80. The summed E-state index contributed by atoms with van der Waals surface area (Å²) in [5, 5.41) is 4.65. The van der Waals surface area contributed by atoms with Gasteiger partial charge in [-0.1, -0.05) is 43.3 Å². The van der Waals surface area contributed by atoms with Gasteiger partial charge in [0, 0.05) is 29.7 Å². The van der Waals surface area contributed by atoms with Gasteiger partial charge in [0.1, 0.15) is 0 Å². The van der Waals surface area contributed by atoms with E-state index >= 15 is 0 Å². The minimum atomic E-state index is 0.805. The third kappa shape index (κ3) is 3.40. The van der Waals surface area contributed by atoms with Gasteiger partial charge in [-0.05, 0) is 68.0 Å². The van der Waals surface area contributed by atoms with E-state index in [2.05, 4.69) is 65.7 Å². The first-order valence-electron chi connectivity index (χ1n) is 10.8. The SMILES string of the molecule is CCc1ccc2c(N3CCCC3)cc(-c3ccc(CC4CNC4)cc3)nc2c1. The summed E-state index contributed by atoms with van der Waals surface area (Å²) in [5.41, 5.74) is 7.59. The van der Waals surface area contributed by atoms with E-state index in [1.54, 1.807) is 0 Å². The number of fused-ring (bicyclic) bond motifs is 1. The van der Waals surface area contributed by atoms with E-state index in [1.165, 1.54) is 47.0 Å². The average Bonchev–Trinajstić information content (AvgIpc) is 3.24. The van der Waals surface area contributed by atoms with Crippen LogP contribution in [-0.2, 0) is 12.8 Å². The highest BCUT2D eigenvalue weighted by Crippen LogP contribution is 2.33. The van der Waals surface area contributed by atoms with Crippen LogP contribution in [0.15, 0.2) is 48.5 Å². The lowest BCUT2D eigenvalue weighted by molar-refractivity contribution is 0.346. The summed E-state index contributed by atoms with van der Waals surface area (Å²) in [5.74, 6) is 0.805. The van der Waals surface area contributed by atoms with Crippen LogP contribution < -0.4 is 10.2 Å². The number of aromatic nitrogens is 1. The Morgan fingerprint density at radius 1 is 0.964 bits per heavy atom. The Hall–Kier alpha value is -2.39. The van der Waals surface area contributed by atoms with Crippen molar-refractivity contribution in [2.45, 2.75) is 32.6 Å². The van der Waals surface area contributed by atoms with Gasteiger partial charge in [0.2, 0.25) is 0 Å². The van der Waals surface area contributed by atoms with E-state index in [0.29, 0.717) is 0 Å². The van der Waals surface area contributed by atoms with Gasteiger partial charge < -0.3 is 10.2 Å². The maximum Gasteiger partial charge on any atom is 0.0733 e. The van der Waals surface area contributed by atoms with E-state index in [1.807, 2.05) is 0 Å². The number of hydrogen-bond acceptors (Lipinski definition) is 3. The average molecular weight is 372 g/mol. The van der Waals surface area contributed by atoms with Gasteiger partial charge in [0.15, 0.2) is 0 Å². The van der Waals surface area contributed by atoms with Crippen molar-refractivity contribution >= 4 is 16.6 Å². The fourth-order valence-corrected chi connectivity index (χ4v) is 4.48. The number of hydrogen-bond donors (Lipinski definition) is 1. The predicted octanol–water partition coefficient (Wildman–Crippen LogP) is 4.83. The molecule has 144 valence electrons. The molecule has 0 amide bonds. The molecule has 0 atom stereocenters. The number of anilines is 1. The molecule has 5 rings (SSSR count). The maximum atomic E-state index is 5.07. The zero-order valence-corrected chi connectivity index (χ0v) is 16.7. The molecule has 2 saturated heterocycles. The lowest BCUT2D eigenvalue weighted by atomic mass is 9.93. The first kappa shape index (κ1) is 17.7. The highest BCUT2D eigenvalue weighted by Gasteiger charge is 2.18. The first-order chi connectivity index (χ1) is 13.8. The molecule has 1 aromatic heterocycles. The monoisotopic (exact) mass is 371 g/mol. The largest absolute Gasteiger partial charge is 0.371 e. The summed E-state index contributed by atoms with van der Waals surface area (Å²) in [7, 11) is 0. The topological polar surface area (TPSA) is 28.2 Å². The Morgan fingerprint density at radius 2 is 1.71 bits per heavy atom. The quantitative estimate of drug-likeness (QED) is 0.696. The van der Waals surface area contributed by atoms with Crippen LogP contribution in [-0.4, -0.2) is 31.2 Å². The van der Waals surface area contributed by atoms with Crippen LogP contribution in [0.4, 0.5) is 5.69 Å². The van der Waals surface area contributed by atoms with Crippen LogP contribution in [0, 0.1) is 5.92 Å². The molecule has 2 aliphatic heterocycles. The Bertz CT molecular complexity index is 967. The van der Waals surface area contributed by atoms with E-state index < -0.39 is 0 Å². The summed E-state index contributed by atoms with van der Waals surface area (Å²) in [6, 6.07) is 18.2. The van der Waals surface area contributed by atoms with Crippen molar-refractivity contribution in [1.29, 1.82) is 0 Å². The Kier molecular flexibility index (Phi) is 4.77. The number of nitrogens with one attached hydrogen (secondary N) is 1. The van der Waals surface area contributed by atoms with Gasteiger partial charge in [-0.15, -0.1) is 0 Å². The molecule has 28 heavy (non-hydrogen) atoms. The van der Waals surface area contributed by atoms with Crippen LogP contribution >= 0.6 is 0 Å². The van der Waals surface area contributed by atoms with E-state index in [0.717, 1.165) is 49.7 Å². The fraction of sp³-hybridized carbons (Fsp3) is 0.400. The standard InChI is InChI=1S/C25H29N3/c1-2-18-7-10-22-24(14-18)27-23(15-25(22)28-11-3-4-12-28)21-8-5-19(6-9-21)13-20-16-26-17-20/h5-10,14-15,20,26H,2-4,11-13,16-17H2,1H3. The van der Waals surface area contributed by atoms with Crippen molar-refractivity contribution < 1.29 is 0 Å². The van der Waals surface area contributed by atoms with E-state index in [-0.39, 0.29) is 0 Å². The highest BCUT2D eigenvalue weighted by molar-refractivity contribution is 5.94. The number of benzene rings is 2. The Morgan fingerprint density at radius 3 is 2.39 bits per heavy atom. The zero-order valence-electron chi connectivity index (χ0n) is 16.7. The second-order valence-corrected chi connectivity index (χ2v) is 8.35. The molecule has 3 heteroatoms. The molecule has 0 unspecified atom stereocenters. The highest BCUT2D eigenvalue weighted by atomic mass is 15.1. The van der Waals surface area contributed by atoms with Crippen molar-refractivity contribution in [2.24, 2.45) is 5.92 Å². The third-order valence-corrected chi connectivity index (χ3v) is 6.35. The summed E-state index contributed by atoms with van der Waals surface area (Å²) >= 11 is 0. The zero-order chi connectivity index (χ0) is 18.9. The first-order valence-corrected chi connectivity index (χ1v) is 10.8. The van der Waals surface area contributed by atoms with Crippen molar-refractivity contribution in [1.82, 2.24) is 10.3 Å². The van der Waals surface area contributed by atoms with Gasteiger partial charge in [0.25, 0.3) is 0 Å². The van der Waals surface area contributed by atoms with Crippen LogP contribution in [0.5, 0.6) is 0 Å².